The van der Waals surface area contributed by atoms with Crippen molar-refractivity contribution in [3.63, 3.8) is 0 Å². The van der Waals surface area contributed by atoms with Crippen LogP contribution in [0.25, 0.3) is 0 Å². The van der Waals surface area contributed by atoms with Crippen molar-refractivity contribution in [3.8, 4) is 0 Å². The number of benzene rings is 1. The molecular formula is C13H19N3O2. The van der Waals surface area contributed by atoms with Crippen molar-refractivity contribution in [3.05, 3.63) is 35.4 Å². The Morgan fingerprint density at radius 1 is 1.17 bits per heavy atom. The highest BCUT2D eigenvalue weighted by Crippen LogP contribution is 2.04. The SMILES string of the molecule is CCNC(=O)c1ccc(CNC(=O)CCN)cc1. The summed E-state index contributed by atoms with van der Waals surface area (Å²) in [6, 6.07) is 7.14. The van der Waals surface area contributed by atoms with E-state index in [0.717, 1.165) is 5.56 Å². The Hall–Kier alpha value is -1.88. The van der Waals surface area contributed by atoms with Crippen molar-refractivity contribution in [1.82, 2.24) is 10.6 Å². The molecule has 0 spiro atoms. The quantitative estimate of drug-likeness (QED) is 0.682. The summed E-state index contributed by atoms with van der Waals surface area (Å²) in [6.07, 6.45) is 0.330. The second kappa shape index (κ2) is 7.45. The van der Waals surface area contributed by atoms with Crippen LogP contribution in [0.15, 0.2) is 24.3 Å². The van der Waals surface area contributed by atoms with Crippen LogP contribution in [0.4, 0.5) is 0 Å². The Bertz CT molecular complexity index is 401. The van der Waals surface area contributed by atoms with Crippen LogP contribution >= 0.6 is 0 Å². The lowest BCUT2D eigenvalue weighted by atomic mass is 10.1. The van der Waals surface area contributed by atoms with Gasteiger partial charge in [0.1, 0.15) is 0 Å². The van der Waals surface area contributed by atoms with Gasteiger partial charge in [0.2, 0.25) is 5.91 Å². The molecule has 0 radical (unpaired) electrons. The molecule has 18 heavy (non-hydrogen) atoms. The number of carbonyl (C=O) groups excluding carboxylic acids is 2. The normalized spacial score (nSPS) is 9.89. The summed E-state index contributed by atoms with van der Waals surface area (Å²) in [7, 11) is 0. The molecule has 0 aliphatic heterocycles. The van der Waals surface area contributed by atoms with E-state index in [9.17, 15) is 9.59 Å². The maximum absolute atomic E-state index is 11.5. The second-order valence-electron chi connectivity index (χ2n) is 3.87. The molecule has 0 heterocycles. The number of rotatable bonds is 6. The van der Waals surface area contributed by atoms with Gasteiger partial charge in [0.15, 0.2) is 0 Å². The van der Waals surface area contributed by atoms with Crippen LogP contribution in [0.5, 0.6) is 0 Å². The van der Waals surface area contributed by atoms with E-state index in [2.05, 4.69) is 10.6 Å². The first-order chi connectivity index (χ1) is 8.67. The van der Waals surface area contributed by atoms with Crippen molar-refractivity contribution in [2.24, 2.45) is 5.73 Å². The Labute approximate surface area is 107 Å². The molecule has 5 nitrogen and oxygen atoms in total. The highest BCUT2D eigenvalue weighted by molar-refractivity contribution is 5.94. The number of hydrogen-bond acceptors (Lipinski definition) is 3. The summed E-state index contributed by atoms with van der Waals surface area (Å²) in [6.45, 7) is 3.28. The summed E-state index contributed by atoms with van der Waals surface area (Å²) >= 11 is 0. The topological polar surface area (TPSA) is 84.2 Å². The van der Waals surface area contributed by atoms with E-state index in [4.69, 9.17) is 5.73 Å². The van der Waals surface area contributed by atoms with E-state index in [-0.39, 0.29) is 11.8 Å². The Morgan fingerprint density at radius 3 is 2.39 bits per heavy atom. The molecule has 1 aromatic carbocycles. The van der Waals surface area contributed by atoms with Crippen LogP contribution in [0, 0.1) is 0 Å². The van der Waals surface area contributed by atoms with Gasteiger partial charge in [-0.3, -0.25) is 9.59 Å². The van der Waals surface area contributed by atoms with E-state index >= 15 is 0 Å². The first-order valence-electron chi connectivity index (χ1n) is 6.01. The van der Waals surface area contributed by atoms with E-state index in [1.165, 1.54) is 0 Å². The minimum absolute atomic E-state index is 0.0645. The predicted molar refractivity (Wildman–Crippen MR) is 70.0 cm³/mol. The molecule has 0 unspecified atom stereocenters. The summed E-state index contributed by atoms with van der Waals surface area (Å²) in [4.78, 5) is 22.7. The lowest BCUT2D eigenvalue weighted by molar-refractivity contribution is -0.121. The molecule has 5 heteroatoms. The summed E-state index contributed by atoms with van der Waals surface area (Å²) in [5.74, 6) is -0.151. The van der Waals surface area contributed by atoms with Gasteiger partial charge < -0.3 is 16.4 Å². The molecule has 0 saturated heterocycles. The molecule has 0 atom stereocenters. The number of amides is 2. The van der Waals surface area contributed by atoms with E-state index < -0.39 is 0 Å². The number of carbonyl (C=O) groups is 2. The highest BCUT2D eigenvalue weighted by Gasteiger charge is 2.04. The fraction of sp³-hybridized carbons (Fsp3) is 0.385. The predicted octanol–water partition coefficient (Wildman–Crippen LogP) is 0.401. The van der Waals surface area contributed by atoms with E-state index in [1.807, 2.05) is 19.1 Å². The standard InChI is InChI=1S/C13H19N3O2/c1-2-15-13(18)11-5-3-10(4-6-11)9-16-12(17)7-8-14/h3-6H,2,7-9,14H2,1H3,(H,15,18)(H,16,17). The van der Waals surface area contributed by atoms with Crippen molar-refractivity contribution >= 4 is 11.8 Å². The molecule has 98 valence electrons. The first-order valence-corrected chi connectivity index (χ1v) is 6.01. The van der Waals surface area contributed by atoms with Gasteiger partial charge in [0.25, 0.3) is 5.91 Å². The van der Waals surface area contributed by atoms with E-state index in [0.29, 0.717) is 31.6 Å². The smallest absolute Gasteiger partial charge is 0.251 e. The van der Waals surface area contributed by atoms with Crippen LogP contribution in [0.3, 0.4) is 0 Å². The lowest BCUT2D eigenvalue weighted by Crippen LogP contribution is -2.25. The Morgan fingerprint density at radius 2 is 1.83 bits per heavy atom. The fourth-order valence-corrected chi connectivity index (χ4v) is 1.46. The molecule has 0 bridgehead atoms. The van der Waals surface area contributed by atoms with Gasteiger partial charge in [-0.15, -0.1) is 0 Å². The summed E-state index contributed by atoms with van der Waals surface area (Å²) < 4.78 is 0. The third-order valence-electron chi connectivity index (χ3n) is 2.41. The number of hydrogen-bond donors (Lipinski definition) is 3. The lowest BCUT2D eigenvalue weighted by Gasteiger charge is -2.06. The highest BCUT2D eigenvalue weighted by atomic mass is 16.2. The summed E-state index contributed by atoms with van der Waals surface area (Å²) in [5.41, 5.74) is 6.85. The monoisotopic (exact) mass is 249 g/mol. The van der Waals surface area contributed by atoms with Crippen molar-refractivity contribution in [2.45, 2.75) is 19.9 Å². The fourth-order valence-electron chi connectivity index (χ4n) is 1.46. The van der Waals surface area contributed by atoms with Crippen molar-refractivity contribution in [1.29, 1.82) is 0 Å². The molecule has 0 saturated carbocycles. The largest absolute Gasteiger partial charge is 0.352 e. The van der Waals surface area contributed by atoms with E-state index in [1.54, 1.807) is 12.1 Å². The van der Waals surface area contributed by atoms with Gasteiger partial charge in [-0.25, -0.2) is 0 Å². The third-order valence-corrected chi connectivity index (χ3v) is 2.41. The molecular weight excluding hydrogens is 230 g/mol. The second-order valence-corrected chi connectivity index (χ2v) is 3.87. The Balaban J connectivity index is 2.50. The summed E-state index contributed by atoms with van der Waals surface area (Å²) in [5, 5.41) is 5.48. The molecule has 0 aliphatic rings. The maximum Gasteiger partial charge on any atom is 0.251 e. The van der Waals surface area contributed by atoms with Crippen molar-refractivity contribution in [2.75, 3.05) is 13.1 Å². The van der Waals surface area contributed by atoms with Gasteiger partial charge in [0, 0.05) is 31.6 Å². The molecule has 0 aromatic heterocycles. The van der Waals surface area contributed by atoms with Crippen LogP contribution in [-0.2, 0) is 11.3 Å². The average molecular weight is 249 g/mol. The maximum atomic E-state index is 11.5. The minimum atomic E-state index is -0.0868. The van der Waals surface area contributed by atoms with Gasteiger partial charge in [0.05, 0.1) is 0 Å². The molecule has 4 N–H and O–H groups in total. The molecule has 1 aromatic rings. The average Bonchev–Trinajstić information content (AvgIpc) is 2.37. The van der Waals surface area contributed by atoms with Gasteiger partial charge in [-0.1, -0.05) is 12.1 Å². The minimum Gasteiger partial charge on any atom is -0.352 e. The Kier molecular flexibility index (Phi) is 5.87. The van der Waals surface area contributed by atoms with Crippen LogP contribution in [-0.4, -0.2) is 24.9 Å². The molecule has 2 amide bonds. The van der Waals surface area contributed by atoms with Crippen LogP contribution in [0.1, 0.15) is 29.3 Å². The van der Waals surface area contributed by atoms with Gasteiger partial charge in [-0.05, 0) is 24.6 Å². The van der Waals surface area contributed by atoms with Gasteiger partial charge >= 0.3 is 0 Å². The third kappa shape index (κ3) is 4.55. The van der Waals surface area contributed by atoms with Gasteiger partial charge in [-0.2, -0.15) is 0 Å². The zero-order valence-corrected chi connectivity index (χ0v) is 10.5. The van der Waals surface area contributed by atoms with Crippen LogP contribution < -0.4 is 16.4 Å². The number of nitrogens with one attached hydrogen (secondary N) is 2. The number of nitrogens with two attached hydrogens (primary N) is 1. The van der Waals surface area contributed by atoms with Crippen LogP contribution in [0.2, 0.25) is 0 Å². The zero-order valence-electron chi connectivity index (χ0n) is 10.5. The first kappa shape index (κ1) is 14.2. The molecule has 1 rings (SSSR count). The molecule has 0 aliphatic carbocycles. The zero-order chi connectivity index (χ0) is 13.4. The van der Waals surface area contributed by atoms with Crippen molar-refractivity contribution < 1.29 is 9.59 Å². The molecule has 0 fully saturated rings.